The Balaban J connectivity index is -0.0000000731. The third kappa shape index (κ3) is 526. The van der Waals surface area contributed by atoms with Gasteiger partial charge in [0, 0.05) is 13.1 Å². The SMILES string of the molecule is NNCCO.NNCCO.O=[N+]([O-])O.O=[N+]([O-])O. The number of nitrogens with one attached hydrogen (secondary N) is 2. The van der Waals surface area contributed by atoms with Crippen molar-refractivity contribution in [1.82, 2.24) is 10.9 Å². The smallest absolute Gasteiger partial charge is 0.291 e. The summed E-state index contributed by atoms with van der Waals surface area (Å²) < 4.78 is 0. The van der Waals surface area contributed by atoms with E-state index in [1.165, 1.54) is 0 Å². The molecule has 0 aromatic rings. The molecule has 0 amide bonds. The molecule has 112 valence electrons. The molecule has 18 heavy (non-hydrogen) atoms. The lowest BCUT2D eigenvalue weighted by Gasteiger charge is -1.84. The molecular weight excluding hydrogens is 260 g/mol. The molecule has 0 spiro atoms. The predicted octanol–water partition coefficient (Wildman–Crippen LogP) is -3.81. The monoisotopic (exact) mass is 278 g/mol. The second-order valence-electron chi connectivity index (χ2n) is 1.83. The third-order valence-electron chi connectivity index (χ3n) is 0.512. The van der Waals surface area contributed by atoms with Gasteiger partial charge in [-0.25, -0.2) is 0 Å². The Morgan fingerprint density at radius 2 is 1.06 bits per heavy atom. The highest BCUT2D eigenvalue weighted by molar-refractivity contribution is 4.24. The van der Waals surface area contributed by atoms with Gasteiger partial charge in [-0.2, -0.15) is 0 Å². The lowest BCUT2D eigenvalue weighted by Crippen LogP contribution is -2.24. The van der Waals surface area contributed by atoms with Crippen molar-refractivity contribution in [3.8, 4) is 0 Å². The number of aliphatic hydroxyl groups excluding tert-OH is 2. The van der Waals surface area contributed by atoms with Crippen LogP contribution >= 0.6 is 0 Å². The third-order valence-corrected chi connectivity index (χ3v) is 0.512. The Labute approximate surface area is 101 Å². The highest BCUT2D eigenvalue weighted by Crippen LogP contribution is 1.40. The van der Waals surface area contributed by atoms with E-state index < -0.39 is 10.2 Å². The van der Waals surface area contributed by atoms with E-state index in [4.69, 9.17) is 52.5 Å². The summed E-state index contributed by atoms with van der Waals surface area (Å²) >= 11 is 0. The van der Waals surface area contributed by atoms with E-state index in [9.17, 15) is 0 Å². The summed E-state index contributed by atoms with van der Waals surface area (Å²) in [5, 5.41) is 43.1. The maximum absolute atomic E-state index is 8.36. The molecule has 0 saturated heterocycles. The van der Waals surface area contributed by atoms with Gasteiger partial charge in [-0.1, -0.05) is 0 Å². The summed E-state index contributed by atoms with van der Waals surface area (Å²) in [7, 11) is 0. The molecule has 0 aliphatic rings. The van der Waals surface area contributed by atoms with E-state index in [1.54, 1.807) is 0 Å². The minimum absolute atomic E-state index is 0.108. The Kier molecular flexibility index (Phi) is 41.1. The molecule has 0 saturated carbocycles. The standard InChI is InChI=1S/2C2H8N2O.2HNO3/c2*3-4-1-2-5;2*2-1(3)4/h2*4-5H,1-3H2;2*(H,2,3,4). The van der Waals surface area contributed by atoms with Crippen molar-refractivity contribution in [1.29, 1.82) is 0 Å². The maximum Gasteiger partial charge on any atom is 0.291 e. The van der Waals surface area contributed by atoms with Crippen molar-refractivity contribution in [2.45, 2.75) is 0 Å². The first-order valence-corrected chi connectivity index (χ1v) is 4.05. The molecule has 0 unspecified atom stereocenters. The molecule has 0 bridgehead atoms. The van der Waals surface area contributed by atoms with Gasteiger partial charge in [0.2, 0.25) is 0 Å². The molecule has 0 atom stereocenters. The second kappa shape index (κ2) is 29.4. The Hall–Kier alpha value is -1.84. The zero-order valence-corrected chi connectivity index (χ0v) is 9.30. The van der Waals surface area contributed by atoms with Crippen LogP contribution in [-0.2, 0) is 0 Å². The fourth-order valence-electron chi connectivity index (χ4n) is 0.129. The van der Waals surface area contributed by atoms with Crippen LogP contribution in [0.25, 0.3) is 0 Å². The zero-order valence-electron chi connectivity index (χ0n) is 9.30. The fraction of sp³-hybridized carbons (Fsp3) is 1.00. The second-order valence-corrected chi connectivity index (χ2v) is 1.83. The van der Waals surface area contributed by atoms with Crippen LogP contribution in [0.4, 0.5) is 0 Å². The van der Waals surface area contributed by atoms with Gasteiger partial charge in [-0.15, -0.1) is 20.2 Å². The first kappa shape index (κ1) is 25.1. The van der Waals surface area contributed by atoms with Gasteiger partial charge in [0.05, 0.1) is 13.2 Å². The number of hydrogen-bond acceptors (Lipinski definition) is 10. The van der Waals surface area contributed by atoms with E-state index in [0.29, 0.717) is 13.1 Å². The van der Waals surface area contributed by atoms with Crippen molar-refractivity contribution < 1.29 is 30.8 Å². The molecule has 0 heterocycles. The summed E-state index contributed by atoms with van der Waals surface area (Å²) in [5.74, 6) is 9.46. The molecule has 0 aliphatic carbocycles. The quantitative estimate of drug-likeness (QED) is 0.140. The summed E-state index contributed by atoms with van der Waals surface area (Å²) in [4.78, 5) is 16.7. The van der Waals surface area contributed by atoms with E-state index >= 15 is 0 Å². The summed E-state index contributed by atoms with van der Waals surface area (Å²) in [6.45, 7) is 1.16. The number of hydrogen-bond donors (Lipinski definition) is 8. The predicted molar refractivity (Wildman–Crippen MR) is 56.1 cm³/mol. The Bertz CT molecular complexity index is 140. The van der Waals surface area contributed by atoms with Crippen LogP contribution in [0.2, 0.25) is 0 Å². The molecule has 0 aromatic heterocycles. The van der Waals surface area contributed by atoms with Crippen molar-refractivity contribution in [2.24, 2.45) is 11.7 Å². The largest absolute Gasteiger partial charge is 0.395 e. The van der Waals surface area contributed by atoms with Gasteiger partial charge in [0.1, 0.15) is 0 Å². The molecular formula is C4H18N6O8. The van der Waals surface area contributed by atoms with Gasteiger partial charge in [0.25, 0.3) is 10.2 Å². The average molecular weight is 278 g/mol. The first-order chi connectivity index (χ1) is 8.29. The fourth-order valence-corrected chi connectivity index (χ4v) is 0.129. The summed E-state index contributed by atoms with van der Waals surface area (Å²) in [5.41, 5.74) is 4.53. The number of aliphatic hydroxyl groups is 2. The van der Waals surface area contributed by atoms with E-state index in [1.807, 2.05) is 0 Å². The molecule has 0 aromatic carbocycles. The number of rotatable bonds is 4. The van der Waals surface area contributed by atoms with Crippen LogP contribution in [0, 0.1) is 20.2 Å². The lowest BCUT2D eigenvalue weighted by molar-refractivity contribution is -0.742. The zero-order chi connectivity index (χ0) is 15.4. The topological polar surface area (TPSA) is 243 Å². The van der Waals surface area contributed by atoms with Crippen molar-refractivity contribution in [2.75, 3.05) is 26.3 Å². The van der Waals surface area contributed by atoms with Gasteiger partial charge < -0.3 is 20.6 Å². The van der Waals surface area contributed by atoms with E-state index in [2.05, 4.69) is 10.9 Å². The van der Waals surface area contributed by atoms with Gasteiger partial charge in [-0.3, -0.25) is 22.5 Å². The highest BCUT2D eigenvalue weighted by atomic mass is 16.9. The molecule has 0 aliphatic heterocycles. The molecule has 14 heteroatoms. The first-order valence-electron chi connectivity index (χ1n) is 4.05. The van der Waals surface area contributed by atoms with Crippen molar-refractivity contribution >= 4 is 0 Å². The molecule has 0 rings (SSSR count). The van der Waals surface area contributed by atoms with Crippen molar-refractivity contribution in [3.63, 3.8) is 0 Å². The van der Waals surface area contributed by atoms with Crippen LogP contribution in [0.15, 0.2) is 0 Å². The lowest BCUT2D eigenvalue weighted by atomic mass is 10.7. The molecule has 10 N–H and O–H groups in total. The minimum atomic E-state index is -1.50. The van der Waals surface area contributed by atoms with Crippen LogP contribution < -0.4 is 22.5 Å². The highest BCUT2D eigenvalue weighted by Gasteiger charge is 1.67. The van der Waals surface area contributed by atoms with E-state index in [0.717, 1.165) is 0 Å². The average Bonchev–Trinajstić information content (AvgIpc) is 2.19. The van der Waals surface area contributed by atoms with Gasteiger partial charge in [0.15, 0.2) is 0 Å². The molecule has 0 fully saturated rings. The van der Waals surface area contributed by atoms with Crippen LogP contribution in [0.1, 0.15) is 0 Å². The van der Waals surface area contributed by atoms with Crippen LogP contribution in [-0.4, -0.2) is 57.1 Å². The van der Waals surface area contributed by atoms with E-state index in [-0.39, 0.29) is 13.2 Å². The maximum atomic E-state index is 8.36. The Morgan fingerprint density at radius 3 is 1.06 bits per heavy atom. The normalized spacial score (nSPS) is 7.33. The van der Waals surface area contributed by atoms with Crippen LogP contribution in [0.5, 0.6) is 0 Å². The molecule has 14 nitrogen and oxygen atoms in total. The number of hydrazine groups is 2. The minimum Gasteiger partial charge on any atom is -0.395 e. The number of nitrogens with two attached hydrogens (primary N) is 2. The summed E-state index contributed by atoms with van der Waals surface area (Å²) in [6, 6.07) is 0. The summed E-state index contributed by atoms with van der Waals surface area (Å²) in [6.07, 6.45) is 0. The molecule has 0 radical (unpaired) electrons. The van der Waals surface area contributed by atoms with Gasteiger partial charge in [-0.05, 0) is 0 Å². The van der Waals surface area contributed by atoms with Crippen molar-refractivity contribution in [3.05, 3.63) is 20.2 Å². The van der Waals surface area contributed by atoms with Crippen LogP contribution in [0.3, 0.4) is 0 Å². The Morgan fingerprint density at radius 1 is 0.889 bits per heavy atom. The van der Waals surface area contributed by atoms with Gasteiger partial charge >= 0.3 is 0 Å². The number of nitrogens with zero attached hydrogens (tertiary/aromatic N) is 2.